The van der Waals surface area contributed by atoms with E-state index in [1.165, 1.54) is 0 Å². The molecule has 0 saturated carbocycles. The van der Waals surface area contributed by atoms with Crippen molar-refractivity contribution in [1.82, 2.24) is 10.2 Å². The molecule has 0 saturated heterocycles. The number of aromatic nitrogens is 2. The zero-order valence-corrected chi connectivity index (χ0v) is 14.6. The number of rotatable bonds is 6. The molecule has 124 valence electrons. The summed E-state index contributed by atoms with van der Waals surface area (Å²) in [5.74, 6) is 0.813. The van der Waals surface area contributed by atoms with Crippen molar-refractivity contribution in [3.63, 3.8) is 0 Å². The van der Waals surface area contributed by atoms with E-state index in [0.717, 1.165) is 12.0 Å². The van der Waals surface area contributed by atoms with Gasteiger partial charge in [-0.05, 0) is 51.0 Å². The Kier molecular flexibility index (Phi) is 5.20. The number of hydrogen-bond acceptors (Lipinski definition) is 5. The van der Waals surface area contributed by atoms with Gasteiger partial charge in [0.25, 0.3) is 10.0 Å². The maximum atomic E-state index is 12.4. The molecule has 2 aromatic rings. The minimum Gasteiger partial charge on any atom is -0.366 e. The summed E-state index contributed by atoms with van der Waals surface area (Å²) >= 11 is 0. The van der Waals surface area contributed by atoms with Crippen LogP contribution in [-0.4, -0.2) is 24.7 Å². The standard InChI is InChI=1S/C16H22N4O2S/c1-5-13(4)17-15-8-9-16(19-18-15)20-23(21,22)14-7-6-11(2)10-12(14)3/h6-10,13H,5H2,1-4H3,(H,17,18)(H,19,20). The van der Waals surface area contributed by atoms with Gasteiger partial charge in [-0.1, -0.05) is 24.6 Å². The average molecular weight is 334 g/mol. The minimum atomic E-state index is -3.67. The summed E-state index contributed by atoms with van der Waals surface area (Å²) in [7, 11) is -3.67. The lowest BCUT2D eigenvalue weighted by Gasteiger charge is -2.12. The third kappa shape index (κ3) is 4.41. The number of nitrogens with one attached hydrogen (secondary N) is 2. The van der Waals surface area contributed by atoms with Crippen LogP contribution in [-0.2, 0) is 10.0 Å². The van der Waals surface area contributed by atoms with Gasteiger partial charge >= 0.3 is 0 Å². The SMILES string of the molecule is CCC(C)Nc1ccc(NS(=O)(=O)c2ccc(C)cc2C)nn1. The van der Waals surface area contributed by atoms with Crippen molar-refractivity contribution in [2.24, 2.45) is 0 Å². The third-order valence-electron chi connectivity index (χ3n) is 3.53. The molecular formula is C16H22N4O2S. The fourth-order valence-corrected chi connectivity index (χ4v) is 3.34. The van der Waals surface area contributed by atoms with Crippen LogP contribution in [0.5, 0.6) is 0 Å². The summed E-state index contributed by atoms with van der Waals surface area (Å²) in [6.45, 7) is 7.80. The number of anilines is 2. The molecule has 0 fully saturated rings. The molecule has 23 heavy (non-hydrogen) atoms. The first-order valence-electron chi connectivity index (χ1n) is 7.52. The Morgan fingerprint density at radius 2 is 1.74 bits per heavy atom. The lowest BCUT2D eigenvalue weighted by atomic mass is 10.2. The summed E-state index contributed by atoms with van der Waals surface area (Å²) in [5.41, 5.74) is 1.71. The van der Waals surface area contributed by atoms with Gasteiger partial charge in [-0.15, -0.1) is 10.2 Å². The van der Waals surface area contributed by atoms with Gasteiger partial charge in [0.15, 0.2) is 5.82 Å². The topological polar surface area (TPSA) is 84.0 Å². The van der Waals surface area contributed by atoms with Crippen molar-refractivity contribution < 1.29 is 8.42 Å². The number of nitrogens with zero attached hydrogens (tertiary/aromatic N) is 2. The van der Waals surface area contributed by atoms with E-state index >= 15 is 0 Å². The summed E-state index contributed by atoms with van der Waals surface area (Å²) in [6.07, 6.45) is 0.961. The van der Waals surface area contributed by atoms with Crippen LogP contribution in [0.3, 0.4) is 0 Å². The maximum Gasteiger partial charge on any atom is 0.263 e. The van der Waals surface area contributed by atoms with Crippen LogP contribution < -0.4 is 10.0 Å². The monoisotopic (exact) mass is 334 g/mol. The predicted octanol–water partition coefficient (Wildman–Crippen LogP) is 3.10. The molecule has 0 aliphatic heterocycles. The Morgan fingerprint density at radius 1 is 1.09 bits per heavy atom. The van der Waals surface area contributed by atoms with E-state index < -0.39 is 10.0 Å². The molecule has 0 aliphatic carbocycles. The van der Waals surface area contributed by atoms with Crippen molar-refractivity contribution in [1.29, 1.82) is 0 Å². The van der Waals surface area contributed by atoms with Gasteiger partial charge in [0.1, 0.15) is 5.82 Å². The van der Waals surface area contributed by atoms with Crippen molar-refractivity contribution in [3.8, 4) is 0 Å². The van der Waals surface area contributed by atoms with Crippen molar-refractivity contribution in [2.45, 2.75) is 45.1 Å². The largest absolute Gasteiger partial charge is 0.366 e. The van der Waals surface area contributed by atoms with Gasteiger partial charge in [0.2, 0.25) is 0 Å². The number of hydrogen-bond donors (Lipinski definition) is 2. The molecule has 1 atom stereocenters. The summed E-state index contributed by atoms with van der Waals surface area (Å²) in [4.78, 5) is 0.242. The highest BCUT2D eigenvalue weighted by molar-refractivity contribution is 7.92. The normalized spacial score (nSPS) is 12.7. The van der Waals surface area contributed by atoms with Crippen LogP contribution >= 0.6 is 0 Å². The number of sulfonamides is 1. The molecule has 0 bridgehead atoms. The highest BCUT2D eigenvalue weighted by atomic mass is 32.2. The number of aryl methyl sites for hydroxylation is 2. The lowest BCUT2D eigenvalue weighted by Crippen LogP contribution is -2.17. The molecule has 0 aliphatic rings. The summed E-state index contributed by atoms with van der Waals surface area (Å²) in [5, 5.41) is 11.1. The van der Waals surface area contributed by atoms with E-state index in [1.54, 1.807) is 31.2 Å². The molecule has 1 aromatic heterocycles. The van der Waals surface area contributed by atoms with Gasteiger partial charge in [-0.3, -0.25) is 4.72 Å². The summed E-state index contributed by atoms with van der Waals surface area (Å²) < 4.78 is 27.4. The zero-order chi connectivity index (χ0) is 17.0. The average Bonchev–Trinajstić information content (AvgIpc) is 2.48. The van der Waals surface area contributed by atoms with Gasteiger partial charge in [0, 0.05) is 6.04 Å². The number of benzene rings is 1. The zero-order valence-electron chi connectivity index (χ0n) is 13.8. The highest BCUT2D eigenvalue weighted by Crippen LogP contribution is 2.19. The van der Waals surface area contributed by atoms with E-state index in [-0.39, 0.29) is 16.8 Å². The Labute approximate surface area is 137 Å². The second-order valence-electron chi connectivity index (χ2n) is 5.63. The van der Waals surface area contributed by atoms with E-state index in [1.807, 2.05) is 19.9 Å². The van der Waals surface area contributed by atoms with E-state index in [2.05, 4.69) is 27.2 Å². The Bertz CT molecular complexity index is 773. The molecule has 0 amide bonds. The first kappa shape index (κ1) is 17.2. The van der Waals surface area contributed by atoms with Gasteiger partial charge in [0.05, 0.1) is 4.90 Å². The predicted molar refractivity (Wildman–Crippen MR) is 92.1 cm³/mol. The molecular weight excluding hydrogens is 312 g/mol. The van der Waals surface area contributed by atoms with Crippen LogP contribution in [0.15, 0.2) is 35.2 Å². The molecule has 1 aromatic carbocycles. The third-order valence-corrected chi connectivity index (χ3v) is 5.05. The van der Waals surface area contributed by atoms with Crippen LogP contribution in [0.25, 0.3) is 0 Å². The molecule has 1 unspecified atom stereocenters. The van der Waals surface area contributed by atoms with Gasteiger partial charge < -0.3 is 5.32 Å². The van der Waals surface area contributed by atoms with Crippen LogP contribution in [0, 0.1) is 13.8 Å². The quantitative estimate of drug-likeness (QED) is 0.848. The van der Waals surface area contributed by atoms with E-state index in [9.17, 15) is 8.42 Å². The van der Waals surface area contributed by atoms with Gasteiger partial charge in [-0.2, -0.15) is 0 Å². The first-order valence-corrected chi connectivity index (χ1v) is 9.00. The molecule has 2 N–H and O–H groups in total. The van der Waals surface area contributed by atoms with E-state index in [0.29, 0.717) is 11.4 Å². The molecule has 0 radical (unpaired) electrons. The fraction of sp³-hybridized carbons (Fsp3) is 0.375. The lowest BCUT2D eigenvalue weighted by molar-refractivity contribution is 0.600. The Hall–Kier alpha value is -2.15. The molecule has 2 rings (SSSR count). The van der Waals surface area contributed by atoms with Gasteiger partial charge in [-0.25, -0.2) is 8.42 Å². The van der Waals surface area contributed by atoms with Crippen LogP contribution in [0.4, 0.5) is 11.6 Å². The van der Waals surface area contributed by atoms with Crippen molar-refractivity contribution >= 4 is 21.7 Å². The van der Waals surface area contributed by atoms with Crippen LogP contribution in [0.2, 0.25) is 0 Å². The first-order chi connectivity index (χ1) is 10.8. The van der Waals surface area contributed by atoms with Crippen molar-refractivity contribution in [2.75, 3.05) is 10.0 Å². The molecule has 1 heterocycles. The summed E-state index contributed by atoms with van der Waals surface area (Å²) in [6, 6.07) is 8.78. The molecule has 0 spiro atoms. The van der Waals surface area contributed by atoms with Crippen molar-refractivity contribution in [3.05, 3.63) is 41.5 Å². The minimum absolute atomic E-state index is 0.194. The molecule has 6 nitrogen and oxygen atoms in total. The van der Waals surface area contributed by atoms with Crippen LogP contribution in [0.1, 0.15) is 31.4 Å². The highest BCUT2D eigenvalue weighted by Gasteiger charge is 2.17. The second-order valence-corrected chi connectivity index (χ2v) is 7.28. The molecule has 7 heteroatoms. The Balaban J connectivity index is 2.17. The fourth-order valence-electron chi connectivity index (χ4n) is 2.11. The Morgan fingerprint density at radius 3 is 2.30 bits per heavy atom. The maximum absolute atomic E-state index is 12.4. The second kappa shape index (κ2) is 6.95. The van der Waals surface area contributed by atoms with E-state index in [4.69, 9.17) is 0 Å². The smallest absolute Gasteiger partial charge is 0.263 e.